The van der Waals surface area contributed by atoms with Crippen molar-refractivity contribution in [2.45, 2.75) is 0 Å². The molecule has 0 amide bonds. The van der Waals surface area contributed by atoms with Crippen molar-refractivity contribution in [2.24, 2.45) is 0 Å². The zero-order chi connectivity index (χ0) is 18.2. The lowest BCUT2D eigenvalue weighted by Crippen LogP contribution is -1.94. The minimum atomic E-state index is 0.575. The Hall–Kier alpha value is -3.97. The van der Waals surface area contributed by atoms with E-state index in [9.17, 15) is 5.26 Å². The van der Waals surface area contributed by atoms with Crippen LogP contribution in [0.2, 0.25) is 0 Å². The molecule has 0 fully saturated rings. The maximum absolute atomic E-state index is 9.94. The summed E-state index contributed by atoms with van der Waals surface area (Å²) in [5.41, 5.74) is 4.97. The van der Waals surface area contributed by atoms with Crippen LogP contribution in [0.15, 0.2) is 85.1 Å². The lowest BCUT2D eigenvalue weighted by molar-refractivity contribution is 1.06. The molecule has 27 heavy (non-hydrogen) atoms. The van der Waals surface area contributed by atoms with Gasteiger partial charge in [0.1, 0.15) is 23.2 Å². The normalized spacial score (nSPS) is 10.9. The molecule has 0 atom stereocenters. The van der Waals surface area contributed by atoms with E-state index in [-0.39, 0.29) is 0 Å². The van der Waals surface area contributed by atoms with E-state index in [1.165, 1.54) is 0 Å². The van der Waals surface area contributed by atoms with Gasteiger partial charge in [0.2, 0.25) is 0 Å². The van der Waals surface area contributed by atoms with Gasteiger partial charge in [0, 0.05) is 28.1 Å². The summed E-state index contributed by atoms with van der Waals surface area (Å²) in [6.45, 7) is 0. The predicted molar refractivity (Wildman–Crippen MR) is 106 cm³/mol. The van der Waals surface area contributed by atoms with Gasteiger partial charge >= 0.3 is 0 Å². The summed E-state index contributed by atoms with van der Waals surface area (Å²) in [5.74, 6) is 0. The van der Waals surface area contributed by atoms with Crippen molar-refractivity contribution >= 4 is 16.3 Å². The van der Waals surface area contributed by atoms with Crippen LogP contribution < -0.4 is 0 Å². The summed E-state index contributed by atoms with van der Waals surface area (Å²) in [5, 5.41) is 20.8. The molecule has 4 heteroatoms. The summed E-state index contributed by atoms with van der Waals surface area (Å²) >= 11 is 0. The summed E-state index contributed by atoms with van der Waals surface area (Å²) in [7, 11) is 0. The molecular weight excluding hydrogens is 332 g/mol. The first-order valence-corrected chi connectivity index (χ1v) is 8.69. The Morgan fingerprint density at radius 1 is 0.667 bits per heavy atom. The van der Waals surface area contributed by atoms with Crippen molar-refractivity contribution in [3.05, 3.63) is 90.8 Å². The number of hydrogen-bond acceptors (Lipinski definition) is 3. The van der Waals surface area contributed by atoms with Crippen LogP contribution in [0.1, 0.15) is 5.69 Å². The van der Waals surface area contributed by atoms with Gasteiger partial charge in [0.15, 0.2) is 0 Å². The summed E-state index contributed by atoms with van der Waals surface area (Å²) < 4.78 is 1.92. The minimum Gasteiger partial charge on any atom is -0.307 e. The molecule has 0 N–H and O–H groups in total. The molecule has 126 valence electrons. The first kappa shape index (κ1) is 15.3. The maximum atomic E-state index is 9.94. The molecule has 4 nitrogen and oxygen atoms in total. The van der Waals surface area contributed by atoms with Gasteiger partial charge in [0.05, 0.1) is 5.52 Å². The highest BCUT2D eigenvalue weighted by atomic mass is 15.1. The van der Waals surface area contributed by atoms with E-state index in [0.717, 1.165) is 38.8 Å². The topological polar surface area (TPSA) is 54.0 Å². The number of benzene rings is 2. The van der Waals surface area contributed by atoms with Gasteiger partial charge in [0.25, 0.3) is 0 Å². The fraction of sp³-hybridized carbons (Fsp3) is 0. The lowest BCUT2D eigenvalue weighted by atomic mass is 10.0. The van der Waals surface area contributed by atoms with Crippen LogP contribution in [0.5, 0.6) is 0 Å². The predicted octanol–water partition coefficient (Wildman–Crippen LogP) is 5.09. The van der Waals surface area contributed by atoms with Crippen molar-refractivity contribution < 1.29 is 0 Å². The van der Waals surface area contributed by atoms with Gasteiger partial charge in [-0.15, -0.1) is 10.2 Å². The van der Waals surface area contributed by atoms with Crippen molar-refractivity contribution in [1.29, 1.82) is 5.26 Å². The van der Waals surface area contributed by atoms with E-state index in [1.54, 1.807) is 0 Å². The first-order chi connectivity index (χ1) is 13.4. The molecular formula is C23H14N4. The maximum Gasteiger partial charge on any atom is 0.135 e. The average Bonchev–Trinajstić information content (AvgIpc) is 3.09. The SMILES string of the molecule is N#Cc1c2c(-c3ccccc3)nnc(-c3ccccc3)c2c2ccccn12. The molecule has 0 unspecified atom stereocenters. The Morgan fingerprint density at radius 3 is 1.81 bits per heavy atom. The average molecular weight is 346 g/mol. The Balaban J connectivity index is 2.00. The van der Waals surface area contributed by atoms with Crippen molar-refractivity contribution in [2.75, 3.05) is 0 Å². The van der Waals surface area contributed by atoms with Gasteiger partial charge < -0.3 is 4.40 Å². The third-order valence-corrected chi connectivity index (χ3v) is 4.77. The molecule has 0 bridgehead atoms. The van der Waals surface area contributed by atoms with Crippen LogP contribution in [0.3, 0.4) is 0 Å². The molecule has 0 saturated carbocycles. The van der Waals surface area contributed by atoms with Crippen LogP contribution in [-0.4, -0.2) is 14.6 Å². The summed E-state index contributed by atoms with van der Waals surface area (Å²) in [6.07, 6.45) is 1.91. The second-order valence-corrected chi connectivity index (χ2v) is 6.30. The Kier molecular flexibility index (Phi) is 3.44. The molecule has 0 radical (unpaired) electrons. The van der Waals surface area contributed by atoms with E-state index < -0.39 is 0 Å². The van der Waals surface area contributed by atoms with Crippen LogP contribution >= 0.6 is 0 Å². The Labute approximate surface area is 156 Å². The number of nitriles is 1. The van der Waals surface area contributed by atoms with E-state index in [2.05, 4.69) is 16.3 Å². The number of hydrogen-bond donors (Lipinski definition) is 0. The van der Waals surface area contributed by atoms with Crippen molar-refractivity contribution in [1.82, 2.24) is 14.6 Å². The van der Waals surface area contributed by atoms with Gasteiger partial charge in [-0.05, 0) is 12.1 Å². The third-order valence-electron chi connectivity index (χ3n) is 4.77. The van der Waals surface area contributed by atoms with Gasteiger partial charge in [-0.2, -0.15) is 5.26 Å². The highest BCUT2D eigenvalue weighted by Crippen LogP contribution is 2.38. The second-order valence-electron chi connectivity index (χ2n) is 6.30. The summed E-state index contributed by atoms with van der Waals surface area (Å²) in [4.78, 5) is 0. The molecule has 3 aromatic heterocycles. The lowest BCUT2D eigenvalue weighted by Gasteiger charge is -2.07. The molecule has 0 saturated heterocycles. The molecule has 2 aromatic carbocycles. The van der Waals surface area contributed by atoms with E-state index in [1.807, 2.05) is 89.5 Å². The molecule has 5 aromatic rings. The van der Waals surface area contributed by atoms with Crippen LogP contribution in [0, 0.1) is 11.3 Å². The Bertz CT molecular complexity index is 1310. The fourth-order valence-corrected chi connectivity index (χ4v) is 3.58. The van der Waals surface area contributed by atoms with E-state index in [4.69, 9.17) is 0 Å². The van der Waals surface area contributed by atoms with Crippen molar-refractivity contribution in [3.8, 4) is 28.6 Å². The van der Waals surface area contributed by atoms with Crippen molar-refractivity contribution in [3.63, 3.8) is 0 Å². The fourth-order valence-electron chi connectivity index (χ4n) is 3.58. The molecule has 3 heterocycles. The van der Waals surface area contributed by atoms with Gasteiger partial charge in [-0.25, -0.2) is 0 Å². The number of aromatic nitrogens is 3. The number of rotatable bonds is 2. The smallest absolute Gasteiger partial charge is 0.135 e. The number of fused-ring (bicyclic) bond motifs is 3. The number of nitrogens with zero attached hydrogens (tertiary/aromatic N) is 4. The molecule has 0 aliphatic rings. The molecule has 0 aliphatic heterocycles. The van der Waals surface area contributed by atoms with Gasteiger partial charge in [-0.3, -0.25) is 0 Å². The highest BCUT2D eigenvalue weighted by molar-refractivity contribution is 6.13. The number of pyridine rings is 1. The van der Waals surface area contributed by atoms with E-state index >= 15 is 0 Å². The van der Waals surface area contributed by atoms with Gasteiger partial charge in [-0.1, -0.05) is 66.7 Å². The highest BCUT2D eigenvalue weighted by Gasteiger charge is 2.21. The first-order valence-electron chi connectivity index (χ1n) is 8.69. The quantitative estimate of drug-likeness (QED) is 0.447. The minimum absolute atomic E-state index is 0.575. The zero-order valence-electron chi connectivity index (χ0n) is 14.4. The molecule has 5 rings (SSSR count). The van der Waals surface area contributed by atoms with E-state index in [0.29, 0.717) is 5.69 Å². The van der Waals surface area contributed by atoms with Crippen LogP contribution in [0.25, 0.3) is 38.8 Å². The zero-order valence-corrected chi connectivity index (χ0v) is 14.4. The largest absolute Gasteiger partial charge is 0.307 e. The summed E-state index contributed by atoms with van der Waals surface area (Å²) in [6, 6.07) is 28.2. The molecule has 0 spiro atoms. The van der Waals surface area contributed by atoms with Crippen LogP contribution in [0.4, 0.5) is 0 Å². The standard InChI is InChI=1S/C23H14N4/c24-15-19-21-20(18-13-7-8-14-27(18)19)22(16-9-3-1-4-10-16)25-26-23(21)17-11-5-2-6-12-17/h1-14H. The molecule has 0 aliphatic carbocycles. The second kappa shape index (κ2) is 6.08. The van der Waals surface area contributed by atoms with Crippen LogP contribution in [-0.2, 0) is 0 Å². The third kappa shape index (κ3) is 2.30. The monoisotopic (exact) mass is 346 g/mol. The Morgan fingerprint density at radius 2 is 1.22 bits per heavy atom.